The van der Waals surface area contributed by atoms with Crippen LogP contribution in [0.2, 0.25) is 5.02 Å². The molecule has 3 aliphatic heterocycles. The van der Waals surface area contributed by atoms with Gasteiger partial charge in [-0.15, -0.1) is 11.3 Å². The number of anilines is 1. The van der Waals surface area contributed by atoms with Gasteiger partial charge in [0.05, 0.1) is 22.8 Å². The van der Waals surface area contributed by atoms with E-state index in [1.54, 1.807) is 12.1 Å². The van der Waals surface area contributed by atoms with Gasteiger partial charge >= 0.3 is 0 Å². The van der Waals surface area contributed by atoms with Crippen LogP contribution in [0.5, 0.6) is 0 Å². The number of hydrogen-bond donors (Lipinski definition) is 0. The first-order valence-electron chi connectivity index (χ1n) is 10.2. The van der Waals surface area contributed by atoms with Crippen molar-refractivity contribution in [1.29, 1.82) is 0 Å². The number of unbranched alkanes of at least 4 members (excludes halogenated alkanes) is 1. The van der Waals surface area contributed by atoms with Crippen LogP contribution in [0.25, 0.3) is 6.08 Å². The van der Waals surface area contributed by atoms with Crippen molar-refractivity contribution < 1.29 is 14.4 Å². The minimum Gasteiger partial charge on any atom is -0.352 e. The number of halogens is 1. The van der Waals surface area contributed by atoms with Gasteiger partial charge in [0.2, 0.25) is 11.8 Å². The number of thiophene rings is 1. The Kier molecular flexibility index (Phi) is 4.79. The SMILES string of the molecule is CCCCN1C(=O)[C@@H]2[C@H](C1=O)[C@@H](C(=O)c1cccs1)N1c3ccc(Cl)cc3C=C[C@H]21. The van der Waals surface area contributed by atoms with Gasteiger partial charge in [0.1, 0.15) is 6.04 Å². The third-order valence-electron chi connectivity index (χ3n) is 6.33. The molecular weight excluding hydrogens is 420 g/mol. The molecule has 5 rings (SSSR count). The average Bonchev–Trinajstić information content (AvgIpc) is 3.43. The molecule has 2 aromatic rings. The summed E-state index contributed by atoms with van der Waals surface area (Å²) in [6, 6.07) is 8.12. The van der Waals surface area contributed by atoms with Crippen LogP contribution in [0, 0.1) is 11.8 Å². The highest BCUT2D eigenvalue weighted by Gasteiger charge is 2.63. The Morgan fingerprint density at radius 1 is 1.17 bits per heavy atom. The quantitative estimate of drug-likeness (QED) is 0.514. The van der Waals surface area contributed by atoms with Crippen LogP contribution < -0.4 is 4.90 Å². The second-order valence-electron chi connectivity index (χ2n) is 7.98. The first-order chi connectivity index (χ1) is 14.5. The Morgan fingerprint density at radius 3 is 2.70 bits per heavy atom. The number of carbonyl (C=O) groups is 3. The van der Waals surface area contributed by atoms with E-state index in [4.69, 9.17) is 11.6 Å². The minimum atomic E-state index is -0.702. The zero-order chi connectivity index (χ0) is 21.0. The fourth-order valence-electron chi connectivity index (χ4n) is 5.01. The van der Waals surface area contributed by atoms with E-state index < -0.39 is 17.9 Å². The van der Waals surface area contributed by atoms with Gasteiger partial charge in [-0.25, -0.2) is 0 Å². The summed E-state index contributed by atoms with van der Waals surface area (Å²) in [6.07, 6.45) is 5.57. The van der Waals surface area contributed by atoms with E-state index in [2.05, 4.69) is 0 Å². The molecule has 0 spiro atoms. The third-order valence-corrected chi connectivity index (χ3v) is 7.45. The summed E-state index contributed by atoms with van der Waals surface area (Å²) in [6.45, 7) is 2.45. The third kappa shape index (κ3) is 2.77. The molecule has 0 bridgehead atoms. The topological polar surface area (TPSA) is 57.7 Å². The predicted octanol–water partition coefficient (Wildman–Crippen LogP) is 4.27. The molecule has 7 heteroatoms. The number of hydrogen-bond acceptors (Lipinski definition) is 5. The molecule has 0 N–H and O–H groups in total. The standard InChI is InChI=1S/C23H21ClN2O3S/c1-2-3-10-25-22(28)18-16-8-6-13-12-14(24)7-9-15(13)26(16)20(19(18)23(25)29)21(27)17-5-4-11-30-17/h4-9,11-12,16,18-20H,2-3,10H2,1H3/t16-,18+,19+,20+/m1/s1. The van der Waals surface area contributed by atoms with Gasteiger partial charge in [-0.05, 0) is 41.6 Å². The summed E-state index contributed by atoms with van der Waals surface area (Å²) < 4.78 is 0. The number of likely N-dealkylation sites (tertiary alicyclic amines) is 1. The number of ketones is 1. The molecule has 0 aliphatic carbocycles. The van der Waals surface area contributed by atoms with Crippen molar-refractivity contribution in [1.82, 2.24) is 4.90 Å². The highest BCUT2D eigenvalue weighted by molar-refractivity contribution is 7.12. The molecular formula is C23H21ClN2O3S. The number of rotatable bonds is 5. The summed E-state index contributed by atoms with van der Waals surface area (Å²) in [4.78, 5) is 44.2. The highest BCUT2D eigenvalue weighted by atomic mass is 35.5. The smallest absolute Gasteiger partial charge is 0.235 e. The number of Topliss-reactive ketones (excluding diaryl/α,β-unsaturated/α-hetero) is 1. The Morgan fingerprint density at radius 2 is 1.97 bits per heavy atom. The summed E-state index contributed by atoms with van der Waals surface area (Å²) in [5.41, 5.74) is 1.74. The van der Waals surface area contributed by atoms with E-state index in [1.165, 1.54) is 16.2 Å². The molecule has 4 heterocycles. The van der Waals surface area contributed by atoms with Crippen molar-refractivity contribution in [3.8, 4) is 0 Å². The maximum Gasteiger partial charge on any atom is 0.235 e. The summed E-state index contributed by atoms with van der Waals surface area (Å²) >= 11 is 7.54. The van der Waals surface area contributed by atoms with Crippen LogP contribution in [0.4, 0.5) is 5.69 Å². The fourth-order valence-corrected chi connectivity index (χ4v) is 5.89. The number of benzene rings is 1. The molecule has 3 aliphatic rings. The summed E-state index contributed by atoms with van der Waals surface area (Å²) in [5.74, 6) is -1.68. The van der Waals surface area contributed by atoms with Crippen LogP contribution >= 0.6 is 22.9 Å². The molecule has 2 fully saturated rings. The molecule has 2 saturated heterocycles. The van der Waals surface area contributed by atoms with Gasteiger partial charge in [-0.3, -0.25) is 19.3 Å². The normalized spacial score (nSPS) is 26.7. The van der Waals surface area contributed by atoms with Gasteiger partial charge in [0.25, 0.3) is 0 Å². The van der Waals surface area contributed by atoms with Crippen molar-refractivity contribution >= 4 is 52.3 Å². The van der Waals surface area contributed by atoms with Crippen molar-refractivity contribution in [3.05, 3.63) is 57.3 Å². The fraction of sp³-hybridized carbons (Fsp3) is 0.348. The monoisotopic (exact) mass is 440 g/mol. The van der Waals surface area contributed by atoms with Gasteiger partial charge < -0.3 is 4.90 Å². The molecule has 30 heavy (non-hydrogen) atoms. The zero-order valence-electron chi connectivity index (χ0n) is 16.5. The van der Waals surface area contributed by atoms with E-state index in [0.717, 1.165) is 24.1 Å². The van der Waals surface area contributed by atoms with Crippen molar-refractivity contribution in [2.75, 3.05) is 11.4 Å². The maximum absolute atomic E-state index is 13.6. The largest absolute Gasteiger partial charge is 0.352 e. The second-order valence-corrected chi connectivity index (χ2v) is 9.36. The van der Waals surface area contributed by atoms with E-state index in [1.807, 2.05) is 47.6 Å². The minimum absolute atomic E-state index is 0.0998. The van der Waals surface area contributed by atoms with E-state index in [0.29, 0.717) is 16.4 Å². The van der Waals surface area contributed by atoms with Crippen molar-refractivity contribution in [2.24, 2.45) is 11.8 Å². The zero-order valence-corrected chi connectivity index (χ0v) is 18.0. The molecule has 0 unspecified atom stereocenters. The van der Waals surface area contributed by atoms with Crippen LogP contribution in [0.3, 0.4) is 0 Å². The van der Waals surface area contributed by atoms with Gasteiger partial charge in [-0.1, -0.05) is 43.2 Å². The molecule has 2 amide bonds. The van der Waals surface area contributed by atoms with E-state index >= 15 is 0 Å². The number of fused-ring (bicyclic) bond motifs is 5. The van der Waals surface area contributed by atoms with E-state index in [-0.39, 0.29) is 23.6 Å². The lowest BCUT2D eigenvalue weighted by Gasteiger charge is -2.36. The molecule has 1 aromatic heterocycles. The van der Waals surface area contributed by atoms with E-state index in [9.17, 15) is 14.4 Å². The van der Waals surface area contributed by atoms with Gasteiger partial charge in [0, 0.05) is 17.3 Å². The lowest BCUT2D eigenvalue weighted by atomic mass is 9.87. The van der Waals surface area contributed by atoms with Crippen LogP contribution in [0.15, 0.2) is 41.8 Å². The van der Waals surface area contributed by atoms with Crippen molar-refractivity contribution in [3.63, 3.8) is 0 Å². The summed E-state index contributed by atoms with van der Waals surface area (Å²) in [7, 11) is 0. The number of nitrogens with zero attached hydrogens (tertiary/aromatic N) is 2. The molecule has 0 saturated carbocycles. The van der Waals surface area contributed by atoms with Crippen molar-refractivity contribution in [2.45, 2.75) is 31.8 Å². The molecule has 0 radical (unpaired) electrons. The predicted molar refractivity (Wildman–Crippen MR) is 118 cm³/mol. The highest BCUT2D eigenvalue weighted by Crippen LogP contribution is 2.49. The molecule has 154 valence electrons. The number of amides is 2. The first-order valence-corrected chi connectivity index (χ1v) is 11.5. The Hall–Kier alpha value is -2.44. The molecule has 5 nitrogen and oxygen atoms in total. The first kappa shape index (κ1) is 19.5. The lowest BCUT2D eigenvalue weighted by Crippen LogP contribution is -2.48. The second kappa shape index (κ2) is 7.36. The average molecular weight is 441 g/mol. The number of carbonyl (C=O) groups excluding carboxylic acids is 3. The van der Waals surface area contributed by atoms with Gasteiger partial charge in [-0.2, -0.15) is 0 Å². The number of imide groups is 1. The lowest BCUT2D eigenvalue weighted by molar-refractivity contribution is -0.140. The molecule has 1 aromatic carbocycles. The Balaban J connectivity index is 1.63. The Labute approximate surface area is 183 Å². The Bertz CT molecular complexity index is 1060. The van der Waals surface area contributed by atoms with Gasteiger partial charge in [0.15, 0.2) is 5.78 Å². The maximum atomic E-state index is 13.6. The van der Waals surface area contributed by atoms with Crippen LogP contribution in [-0.4, -0.2) is 41.1 Å². The molecule has 4 atom stereocenters. The van der Waals surface area contributed by atoms with Crippen LogP contribution in [0.1, 0.15) is 35.0 Å². The summed E-state index contributed by atoms with van der Waals surface area (Å²) in [5, 5.41) is 2.46. The van der Waals surface area contributed by atoms with Crippen LogP contribution in [-0.2, 0) is 9.59 Å².